The number of nitrogens with one attached hydrogen (secondary N) is 2. The van der Waals surface area contributed by atoms with Gasteiger partial charge in [0.1, 0.15) is 30.8 Å². The molecule has 2 aliphatic heterocycles. The molecule has 8 rings (SSSR count). The molecule has 4 atom stereocenters. The Bertz CT molecular complexity index is 2480. The number of aliphatic carboxylic acids is 1. The Labute approximate surface area is 352 Å². The lowest BCUT2D eigenvalue weighted by atomic mass is 9.91. The summed E-state index contributed by atoms with van der Waals surface area (Å²) in [7, 11) is 0. The van der Waals surface area contributed by atoms with E-state index in [4.69, 9.17) is 37.4 Å². The van der Waals surface area contributed by atoms with Crippen LogP contribution in [0.3, 0.4) is 0 Å². The van der Waals surface area contributed by atoms with Gasteiger partial charge in [-0.15, -0.1) is 0 Å². The van der Waals surface area contributed by atoms with Gasteiger partial charge in [0.15, 0.2) is 17.6 Å². The van der Waals surface area contributed by atoms with Crippen LogP contribution in [0.5, 0.6) is 17.2 Å². The topological polar surface area (TPSA) is 139 Å². The number of carbonyl (C=O) groups excluding carboxylic acids is 1. The number of aromatic nitrogens is 3. The van der Waals surface area contributed by atoms with Gasteiger partial charge >= 0.3 is 5.97 Å². The molecule has 0 radical (unpaired) electrons. The normalized spacial score (nSPS) is 17.1. The van der Waals surface area contributed by atoms with Crippen molar-refractivity contribution in [1.29, 1.82) is 0 Å². The van der Waals surface area contributed by atoms with Crippen molar-refractivity contribution in [3.63, 3.8) is 0 Å². The Hall–Kier alpha value is -5.88. The average molecular weight is 833 g/mol. The van der Waals surface area contributed by atoms with Crippen molar-refractivity contribution in [3.05, 3.63) is 158 Å². The number of aryl methyl sites for hydroxylation is 1. The number of benzene rings is 4. The molecule has 13 heteroatoms. The second-order valence-corrected chi connectivity index (χ2v) is 15.8. The van der Waals surface area contributed by atoms with Crippen molar-refractivity contribution in [2.75, 3.05) is 6.61 Å². The van der Waals surface area contributed by atoms with Gasteiger partial charge in [0.25, 0.3) is 0 Å². The fraction of sp³-hybridized carbons (Fsp3) is 0.261. The molecule has 0 spiro atoms. The lowest BCUT2D eigenvalue weighted by molar-refractivity contribution is -0.143. The minimum Gasteiger partial charge on any atom is -0.489 e. The van der Waals surface area contributed by atoms with E-state index in [1.807, 2.05) is 98.5 Å². The van der Waals surface area contributed by atoms with Crippen molar-refractivity contribution in [3.8, 4) is 28.4 Å². The van der Waals surface area contributed by atoms with Gasteiger partial charge in [0, 0.05) is 37.3 Å². The van der Waals surface area contributed by atoms with Gasteiger partial charge in [-0.25, -0.2) is 9.78 Å². The van der Waals surface area contributed by atoms with E-state index in [2.05, 4.69) is 20.3 Å². The summed E-state index contributed by atoms with van der Waals surface area (Å²) in [5, 5.41) is 14.2. The fourth-order valence-electron chi connectivity index (χ4n) is 7.70. The smallest absolute Gasteiger partial charge is 0.326 e. The second kappa shape index (κ2) is 17.1. The monoisotopic (exact) mass is 831 g/mol. The van der Waals surface area contributed by atoms with Crippen LogP contribution in [0, 0.1) is 13.8 Å². The Morgan fingerprint density at radius 2 is 1.69 bits per heavy atom. The van der Waals surface area contributed by atoms with Crippen LogP contribution in [0.4, 0.5) is 0 Å². The first kappa shape index (κ1) is 39.9. The van der Waals surface area contributed by atoms with E-state index in [1.54, 1.807) is 30.7 Å². The van der Waals surface area contributed by atoms with E-state index >= 15 is 0 Å². The molecule has 1 amide bonds. The zero-order valence-electron chi connectivity index (χ0n) is 32.7. The van der Waals surface area contributed by atoms with Crippen LogP contribution >= 0.6 is 23.2 Å². The van der Waals surface area contributed by atoms with Gasteiger partial charge in [0.05, 0.1) is 22.1 Å². The Morgan fingerprint density at radius 1 is 0.932 bits per heavy atom. The molecule has 3 N–H and O–H groups in total. The zero-order valence-corrected chi connectivity index (χ0v) is 34.3. The summed E-state index contributed by atoms with van der Waals surface area (Å²) >= 11 is 12.2. The van der Waals surface area contributed by atoms with Crippen molar-refractivity contribution in [2.45, 2.75) is 71.0 Å². The summed E-state index contributed by atoms with van der Waals surface area (Å²) in [6.45, 7) is 7.03. The highest BCUT2D eigenvalue weighted by atomic mass is 35.5. The van der Waals surface area contributed by atoms with E-state index in [0.29, 0.717) is 59.3 Å². The third-order valence-corrected chi connectivity index (χ3v) is 12.0. The van der Waals surface area contributed by atoms with Gasteiger partial charge in [0.2, 0.25) is 5.91 Å². The standard InChI is InChI=1S/C46H43Cl2N5O6/c1-26-27(2)49-15-14-36(26)31-7-4-29(5-8-31)19-39(46(55)56)52-45(54)40-20-33-21-41-42(22-34(33)23-53(40)28(3)44-50-16-17-51-44)59-43(25-58-41)32-9-11-35(12-10-32)57-24-30-6-13-37(47)38(48)18-30/h4-18,21-22,28,39-40,43H,19-20,23-25H2,1-3H3,(H,50,51)(H,52,54)(H,55,56)/t28-,39?,40-,43+/m0/s1. The molecule has 4 heterocycles. The minimum atomic E-state index is -1.14. The van der Waals surface area contributed by atoms with Gasteiger partial charge < -0.3 is 29.6 Å². The molecular weight excluding hydrogens is 789 g/mol. The highest BCUT2D eigenvalue weighted by Crippen LogP contribution is 2.42. The third-order valence-electron chi connectivity index (χ3n) is 11.2. The number of rotatable bonds is 12. The summed E-state index contributed by atoms with van der Waals surface area (Å²) in [4.78, 5) is 40.9. The maximum atomic E-state index is 14.2. The highest BCUT2D eigenvalue weighted by Gasteiger charge is 2.38. The number of hydrogen-bond acceptors (Lipinski definition) is 8. The predicted molar refractivity (Wildman–Crippen MR) is 225 cm³/mol. The molecule has 0 saturated carbocycles. The molecule has 0 fully saturated rings. The summed E-state index contributed by atoms with van der Waals surface area (Å²) in [5.41, 5.74) is 8.69. The van der Waals surface area contributed by atoms with E-state index < -0.39 is 18.1 Å². The lowest BCUT2D eigenvalue weighted by Crippen LogP contribution is -2.55. The van der Waals surface area contributed by atoms with Gasteiger partial charge in [-0.3, -0.25) is 14.7 Å². The van der Waals surface area contributed by atoms with Crippen molar-refractivity contribution in [1.82, 2.24) is 25.2 Å². The van der Waals surface area contributed by atoms with Crippen LogP contribution in [0.15, 0.2) is 104 Å². The van der Waals surface area contributed by atoms with E-state index in [9.17, 15) is 14.7 Å². The largest absolute Gasteiger partial charge is 0.489 e. The SMILES string of the molecule is Cc1nccc(-c2ccc(CC(NC(=O)[C@@H]3Cc4cc5c(cc4CN3[C@@H](C)c3ncc[nH]3)O[C@@H](c3ccc(OCc4ccc(Cl)c(Cl)c4)cc3)CO5)C(=O)O)cc2)c1C. The van der Waals surface area contributed by atoms with Crippen LogP contribution in [-0.2, 0) is 35.6 Å². The molecule has 59 heavy (non-hydrogen) atoms. The Morgan fingerprint density at radius 3 is 2.42 bits per heavy atom. The fourth-order valence-corrected chi connectivity index (χ4v) is 8.02. The molecular formula is C46H43Cl2N5O6. The number of nitrogens with zero attached hydrogens (tertiary/aromatic N) is 3. The molecule has 4 aromatic carbocycles. The van der Waals surface area contributed by atoms with Gasteiger partial charge in [-0.2, -0.15) is 0 Å². The number of ether oxygens (including phenoxy) is 3. The highest BCUT2D eigenvalue weighted by molar-refractivity contribution is 6.42. The number of hydrogen-bond donors (Lipinski definition) is 3. The number of H-pyrrole nitrogens is 1. The van der Waals surface area contributed by atoms with E-state index in [1.165, 1.54) is 0 Å². The number of fused-ring (bicyclic) bond motifs is 2. The third kappa shape index (κ3) is 8.78. The van der Waals surface area contributed by atoms with Gasteiger partial charge in [-0.1, -0.05) is 65.7 Å². The molecule has 0 bridgehead atoms. The molecule has 1 unspecified atom stereocenters. The van der Waals surface area contributed by atoms with Crippen LogP contribution in [-0.4, -0.2) is 55.5 Å². The summed E-state index contributed by atoms with van der Waals surface area (Å²) in [6.07, 6.45) is 5.32. The number of pyridine rings is 1. The molecule has 0 aliphatic carbocycles. The molecule has 302 valence electrons. The molecule has 11 nitrogen and oxygen atoms in total. The summed E-state index contributed by atoms with van der Waals surface area (Å²) < 4.78 is 18.8. The summed E-state index contributed by atoms with van der Waals surface area (Å²) in [5.74, 6) is 1.12. The van der Waals surface area contributed by atoms with E-state index in [0.717, 1.165) is 50.2 Å². The number of halogens is 2. The zero-order chi connectivity index (χ0) is 41.2. The van der Waals surface area contributed by atoms with Crippen molar-refractivity contribution in [2.24, 2.45) is 0 Å². The predicted octanol–water partition coefficient (Wildman–Crippen LogP) is 8.79. The van der Waals surface area contributed by atoms with Gasteiger partial charge in [-0.05, 0) is 114 Å². The van der Waals surface area contributed by atoms with Crippen molar-refractivity contribution < 1.29 is 28.9 Å². The maximum absolute atomic E-state index is 14.2. The van der Waals surface area contributed by atoms with Crippen LogP contribution < -0.4 is 19.5 Å². The molecule has 2 aliphatic rings. The van der Waals surface area contributed by atoms with Crippen LogP contribution in [0.25, 0.3) is 11.1 Å². The lowest BCUT2D eigenvalue weighted by Gasteiger charge is -2.40. The number of carboxylic acids is 1. The summed E-state index contributed by atoms with van der Waals surface area (Å²) in [6, 6.07) is 24.7. The molecule has 2 aromatic heterocycles. The maximum Gasteiger partial charge on any atom is 0.326 e. The molecule has 0 saturated heterocycles. The first-order chi connectivity index (χ1) is 28.5. The number of carboxylic acid groups (broad SMARTS) is 1. The number of imidazole rings is 1. The number of aromatic amines is 1. The van der Waals surface area contributed by atoms with Crippen LogP contribution in [0.2, 0.25) is 10.0 Å². The van der Waals surface area contributed by atoms with Crippen molar-refractivity contribution >= 4 is 35.1 Å². The second-order valence-electron chi connectivity index (χ2n) is 15.0. The first-order valence-electron chi connectivity index (χ1n) is 19.4. The van der Waals surface area contributed by atoms with E-state index in [-0.39, 0.29) is 24.5 Å². The first-order valence-corrected chi connectivity index (χ1v) is 20.2. The Balaban J connectivity index is 0.969. The quantitative estimate of drug-likeness (QED) is 0.110. The van der Waals surface area contributed by atoms with Crippen LogP contribution in [0.1, 0.15) is 64.0 Å². The molecule has 6 aromatic rings. The number of carbonyl (C=O) groups is 2. The number of amides is 1. The average Bonchev–Trinajstić information content (AvgIpc) is 3.79. The Kier molecular flexibility index (Phi) is 11.6. The minimum absolute atomic E-state index is 0.126.